The quantitative estimate of drug-likeness (QED) is 0.404. The Labute approximate surface area is 199 Å². The number of aliphatic hydroxyl groups is 1. The fraction of sp³-hybridized carbons (Fsp3) is 0.250. The van der Waals surface area contributed by atoms with Crippen LogP contribution in [-0.2, 0) is 0 Å². The van der Waals surface area contributed by atoms with Crippen LogP contribution in [0, 0.1) is 18.6 Å². The first-order valence-electron chi connectivity index (χ1n) is 10.4. The third kappa shape index (κ3) is 4.29. The number of anilines is 1. The van der Waals surface area contributed by atoms with Gasteiger partial charge in [0, 0.05) is 29.9 Å². The van der Waals surface area contributed by atoms with Crippen molar-refractivity contribution >= 4 is 11.4 Å². The van der Waals surface area contributed by atoms with Crippen LogP contribution in [0.3, 0.4) is 0 Å². The minimum absolute atomic E-state index is 0.189. The van der Waals surface area contributed by atoms with E-state index >= 15 is 0 Å². The number of hydrogen-bond acceptors (Lipinski definition) is 4. The maximum Gasteiger partial charge on any atom is 0.431 e. The first-order chi connectivity index (χ1) is 16.7. The monoisotopic (exact) mass is 515 g/mol. The number of aryl methyl sites for hydroxylation is 1. The third-order valence-electron chi connectivity index (χ3n) is 5.92. The van der Waals surface area contributed by atoms with E-state index in [0.717, 1.165) is 17.7 Å². The van der Waals surface area contributed by atoms with Gasteiger partial charge in [0.2, 0.25) is 0 Å². The Morgan fingerprint density at radius 3 is 2.11 bits per heavy atom. The Balaban J connectivity index is 1.81. The Hall–Kier alpha value is -3.54. The fourth-order valence-electron chi connectivity index (χ4n) is 4.04. The molecule has 36 heavy (non-hydrogen) atoms. The number of aromatic nitrogens is 1. The molecular weight excluding hydrogens is 498 g/mol. The molecule has 1 unspecified atom stereocenters. The normalized spacial score (nSPS) is 16.9. The molecule has 1 aliphatic heterocycles. The van der Waals surface area contributed by atoms with Gasteiger partial charge in [-0.3, -0.25) is 9.99 Å². The molecule has 0 radical (unpaired) electrons. The topological polar surface area (TPSA) is 48.7 Å². The van der Waals surface area contributed by atoms with Gasteiger partial charge in [-0.15, -0.1) is 0 Å². The highest BCUT2D eigenvalue weighted by Gasteiger charge is 2.74. The van der Waals surface area contributed by atoms with E-state index in [2.05, 4.69) is 10.1 Å². The molecule has 2 aromatic carbocycles. The van der Waals surface area contributed by atoms with E-state index in [1.54, 1.807) is 37.4 Å². The summed E-state index contributed by atoms with van der Waals surface area (Å²) in [5.74, 6) is -2.26. The number of alkyl halides is 6. The second kappa shape index (κ2) is 8.84. The number of hydrogen-bond donors (Lipinski definition) is 1. The number of nitrogens with zero attached hydrogens (tertiary/aromatic N) is 3. The van der Waals surface area contributed by atoms with Gasteiger partial charge in [0.15, 0.2) is 5.82 Å². The highest BCUT2D eigenvalue weighted by atomic mass is 19.4. The maximum atomic E-state index is 14.5. The lowest BCUT2D eigenvalue weighted by atomic mass is 9.89. The van der Waals surface area contributed by atoms with Gasteiger partial charge in [-0.1, -0.05) is 30.3 Å². The molecule has 12 heteroatoms. The van der Waals surface area contributed by atoms with Gasteiger partial charge in [0.25, 0.3) is 5.60 Å². The molecule has 190 valence electrons. The van der Waals surface area contributed by atoms with Crippen LogP contribution in [-0.4, -0.2) is 33.8 Å². The molecular formula is C24H17F8N3O. The maximum absolute atomic E-state index is 14.5. The number of rotatable bonds is 4. The molecule has 3 aromatic rings. The minimum atomic E-state index is -6.16. The van der Waals surface area contributed by atoms with Gasteiger partial charge in [0.05, 0.1) is 17.4 Å². The molecule has 1 aliphatic rings. The summed E-state index contributed by atoms with van der Waals surface area (Å²) in [6, 6.07) is 10.2. The average molecular weight is 515 g/mol. The molecule has 0 saturated carbocycles. The van der Waals surface area contributed by atoms with Crippen molar-refractivity contribution in [3.63, 3.8) is 0 Å². The Morgan fingerprint density at radius 2 is 1.56 bits per heavy atom. The minimum Gasteiger partial charge on any atom is -0.369 e. The molecule has 4 rings (SSSR count). The molecule has 1 N–H and O–H groups in total. The van der Waals surface area contributed by atoms with Crippen molar-refractivity contribution < 1.29 is 40.2 Å². The average Bonchev–Trinajstić information content (AvgIpc) is 3.23. The molecule has 4 nitrogen and oxygen atoms in total. The van der Waals surface area contributed by atoms with Crippen molar-refractivity contribution in [2.24, 2.45) is 5.10 Å². The Morgan fingerprint density at radius 1 is 0.917 bits per heavy atom. The second-order valence-corrected chi connectivity index (χ2v) is 8.17. The zero-order valence-corrected chi connectivity index (χ0v) is 18.4. The van der Waals surface area contributed by atoms with Crippen LogP contribution in [0.2, 0.25) is 0 Å². The lowest BCUT2D eigenvalue weighted by Crippen LogP contribution is -2.62. The SMILES string of the molecule is Cc1ncccc1-c1ccc(C2CC(C(O)(C(F)(F)F)C(F)(F)F)=NN2c2ccc(F)cc2F)cc1. The van der Waals surface area contributed by atoms with Crippen LogP contribution in [0.4, 0.5) is 40.8 Å². The van der Waals surface area contributed by atoms with E-state index < -0.39 is 53.4 Å². The highest BCUT2D eigenvalue weighted by Crippen LogP contribution is 2.49. The van der Waals surface area contributed by atoms with E-state index in [-0.39, 0.29) is 5.56 Å². The summed E-state index contributed by atoms with van der Waals surface area (Å²) in [6.07, 6.45) is -11.8. The number of pyridine rings is 1. The number of halogens is 8. The summed E-state index contributed by atoms with van der Waals surface area (Å²) >= 11 is 0. The molecule has 0 fully saturated rings. The predicted molar refractivity (Wildman–Crippen MR) is 115 cm³/mol. The van der Waals surface area contributed by atoms with Crippen LogP contribution in [0.1, 0.15) is 23.7 Å². The van der Waals surface area contributed by atoms with Crippen LogP contribution in [0.25, 0.3) is 11.1 Å². The summed E-state index contributed by atoms with van der Waals surface area (Å²) in [5, 5.41) is 13.9. The number of benzene rings is 2. The largest absolute Gasteiger partial charge is 0.431 e. The van der Waals surface area contributed by atoms with Gasteiger partial charge >= 0.3 is 12.4 Å². The smallest absolute Gasteiger partial charge is 0.369 e. The van der Waals surface area contributed by atoms with Crippen molar-refractivity contribution in [3.8, 4) is 11.1 Å². The first kappa shape index (κ1) is 25.5. The molecule has 0 saturated heterocycles. The molecule has 0 amide bonds. The molecule has 1 atom stereocenters. The van der Waals surface area contributed by atoms with Crippen LogP contribution in [0.5, 0.6) is 0 Å². The van der Waals surface area contributed by atoms with Gasteiger partial charge in [-0.2, -0.15) is 31.4 Å². The summed E-state index contributed by atoms with van der Waals surface area (Å²) in [5.41, 5.74) is -5.20. The summed E-state index contributed by atoms with van der Waals surface area (Å²) in [4.78, 5) is 4.17. The van der Waals surface area contributed by atoms with Crippen LogP contribution in [0.15, 0.2) is 65.9 Å². The van der Waals surface area contributed by atoms with Crippen molar-refractivity contribution in [1.82, 2.24) is 4.98 Å². The second-order valence-electron chi connectivity index (χ2n) is 8.17. The van der Waals surface area contributed by atoms with E-state index in [9.17, 15) is 40.2 Å². The van der Waals surface area contributed by atoms with Crippen LogP contribution >= 0.6 is 0 Å². The molecule has 0 aliphatic carbocycles. The van der Waals surface area contributed by atoms with Gasteiger partial charge in [-0.05, 0) is 36.2 Å². The van der Waals surface area contributed by atoms with Gasteiger partial charge in [-0.25, -0.2) is 8.78 Å². The van der Waals surface area contributed by atoms with Crippen molar-refractivity contribution in [1.29, 1.82) is 0 Å². The van der Waals surface area contributed by atoms with E-state index in [1.165, 1.54) is 12.1 Å². The van der Waals surface area contributed by atoms with Gasteiger partial charge < -0.3 is 5.11 Å². The van der Waals surface area contributed by atoms with Crippen molar-refractivity contribution in [3.05, 3.63) is 83.7 Å². The summed E-state index contributed by atoms with van der Waals surface area (Å²) < 4.78 is 109. The lowest BCUT2D eigenvalue weighted by molar-refractivity contribution is -0.338. The zero-order valence-electron chi connectivity index (χ0n) is 18.4. The lowest BCUT2D eigenvalue weighted by Gasteiger charge is -2.32. The standard InChI is InChI=1S/C24H17F8N3O/c1-13-17(3-2-10-33-13)14-4-6-15(7-5-14)20-12-21(22(36,23(27,28)29)24(30,31)32)34-35(20)19-9-8-16(25)11-18(19)26/h2-11,20,36H,12H2,1H3. The highest BCUT2D eigenvalue weighted by molar-refractivity contribution is 5.97. The number of hydrazone groups is 1. The Kier molecular flexibility index (Phi) is 6.27. The first-order valence-corrected chi connectivity index (χ1v) is 10.4. The Bertz CT molecular complexity index is 1290. The molecule has 0 bridgehead atoms. The van der Waals surface area contributed by atoms with Crippen molar-refractivity contribution in [2.75, 3.05) is 5.01 Å². The molecule has 2 heterocycles. The molecule has 0 spiro atoms. The van der Waals surface area contributed by atoms with E-state index in [4.69, 9.17) is 0 Å². The predicted octanol–water partition coefficient (Wildman–Crippen LogP) is 6.50. The zero-order chi connectivity index (χ0) is 26.5. The van der Waals surface area contributed by atoms with Crippen molar-refractivity contribution in [2.45, 2.75) is 37.3 Å². The summed E-state index contributed by atoms with van der Waals surface area (Å²) in [6.45, 7) is 1.76. The fourth-order valence-corrected chi connectivity index (χ4v) is 4.04. The van der Waals surface area contributed by atoms with Crippen LogP contribution < -0.4 is 5.01 Å². The van der Waals surface area contributed by atoms with E-state index in [1.807, 2.05) is 0 Å². The van der Waals surface area contributed by atoms with Gasteiger partial charge in [0.1, 0.15) is 5.82 Å². The van der Waals surface area contributed by atoms with E-state index in [0.29, 0.717) is 22.3 Å². The molecule has 1 aromatic heterocycles. The summed E-state index contributed by atoms with van der Waals surface area (Å²) in [7, 11) is 0. The third-order valence-corrected chi connectivity index (χ3v) is 5.92.